The van der Waals surface area contributed by atoms with Crippen LogP contribution in [0.25, 0.3) is 0 Å². The van der Waals surface area contributed by atoms with Crippen molar-refractivity contribution in [3.8, 4) is 0 Å². The van der Waals surface area contributed by atoms with E-state index in [2.05, 4.69) is 6.58 Å². The molecule has 0 radical (unpaired) electrons. The molecule has 60 valence electrons. The Bertz CT molecular complexity index is 116. The van der Waals surface area contributed by atoms with E-state index in [9.17, 15) is 0 Å². The molecular weight excluding hydrogens is 128 g/mol. The van der Waals surface area contributed by atoms with Gasteiger partial charge in [0.25, 0.3) is 0 Å². The average molecular weight is 144 g/mol. The minimum atomic E-state index is -0.277. The van der Waals surface area contributed by atoms with Crippen LogP contribution in [0.1, 0.15) is 27.2 Å². The van der Waals surface area contributed by atoms with Crippen molar-refractivity contribution in [3.05, 3.63) is 12.3 Å². The number of hydrogen-bond acceptors (Lipinski definition) is 2. The van der Waals surface area contributed by atoms with Crippen LogP contribution in [0.15, 0.2) is 12.3 Å². The molecule has 2 heteroatoms. The standard InChI is InChI=1S/C8H16O2/c1-5-10-8(3,4)6-7(2)9/h9H,2,5-6H2,1,3-4H3. The van der Waals surface area contributed by atoms with Crippen LogP contribution < -0.4 is 0 Å². The summed E-state index contributed by atoms with van der Waals surface area (Å²) in [5.41, 5.74) is -0.277. The lowest BCUT2D eigenvalue weighted by molar-refractivity contribution is -0.0154. The molecule has 0 unspecified atom stereocenters. The first kappa shape index (κ1) is 9.50. The molecule has 0 aliphatic carbocycles. The number of rotatable bonds is 4. The van der Waals surface area contributed by atoms with E-state index < -0.39 is 0 Å². The highest BCUT2D eigenvalue weighted by atomic mass is 16.5. The van der Waals surface area contributed by atoms with Crippen LogP contribution in [0.3, 0.4) is 0 Å². The summed E-state index contributed by atoms with van der Waals surface area (Å²) < 4.78 is 5.32. The Morgan fingerprint density at radius 1 is 1.60 bits per heavy atom. The summed E-state index contributed by atoms with van der Waals surface area (Å²) in [6, 6.07) is 0. The van der Waals surface area contributed by atoms with E-state index in [-0.39, 0.29) is 11.4 Å². The van der Waals surface area contributed by atoms with Crippen molar-refractivity contribution < 1.29 is 9.84 Å². The molecule has 10 heavy (non-hydrogen) atoms. The lowest BCUT2D eigenvalue weighted by atomic mass is 10.0. The molecule has 0 aliphatic heterocycles. The third-order valence-corrected chi connectivity index (χ3v) is 1.16. The van der Waals surface area contributed by atoms with Gasteiger partial charge in [-0.1, -0.05) is 6.58 Å². The monoisotopic (exact) mass is 144 g/mol. The maximum absolute atomic E-state index is 8.84. The Balaban J connectivity index is 3.74. The van der Waals surface area contributed by atoms with Gasteiger partial charge >= 0.3 is 0 Å². The Hall–Kier alpha value is -0.500. The van der Waals surface area contributed by atoms with Crippen LogP contribution in [0, 0.1) is 0 Å². The van der Waals surface area contributed by atoms with Crippen LogP contribution in [-0.2, 0) is 4.74 Å². The fourth-order valence-electron chi connectivity index (χ4n) is 0.933. The van der Waals surface area contributed by atoms with E-state index in [4.69, 9.17) is 9.84 Å². The van der Waals surface area contributed by atoms with Gasteiger partial charge in [0.2, 0.25) is 0 Å². The first-order chi connectivity index (χ1) is 4.48. The van der Waals surface area contributed by atoms with Crippen LogP contribution in [0.4, 0.5) is 0 Å². The van der Waals surface area contributed by atoms with Crippen molar-refractivity contribution in [1.82, 2.24) is 0 Å². The molecule has 0 aromatic heterocycles. The quantitative estimate of drug-likeness (QED) is 0.613. The Labute approximate surface area is 62.5 Å². The highest BCUT2D eigenvalue weighted by Crippen LogP contribution is 2.17. The molecule has 0 saturated carbocycles. The zero-order valence-corrected chi connectivity index (χ0v) is 6.98. The number of aliphatic hydroxyl groups is 1. The summed E-state index contributed by atoms with van der Waals surface area (Å²) in [4.78, 5) is 0. The molecule has 0 aromatic rings. The summed E-state index contributed by atoms with van der Waals surface area (Å²) >= 11 is 0. The van der Waals surface area contributed by atoms with Crippen molar-refractivity contribution >= 4 is 0 Å². The van der Waals surface area contributed by atoms with E-state index in [1.54, 1.807) is 0 Å². The normalized spacial score (nSPS) is 11.5. The number of ether oxygens (including phenoxy) is 1. The minimum absolute atomic E-state index is 0.179. The second-order valence-electron chi connectivity index (χ2n) is 2.94. The predicted molar refractivity (Wildman–Crippen MR) is 42.1 cm³/mol. The molecule has 0 heterocycles. The zero-order valence-electron chi connectivity index (χ0n) is 6.98. The van der Waals surface area contributed by atoms with Crippen LogP contribution >= 0.6 is 0 Å². The van der Waals surface area contributed by atoms with Crippen molar-refractivity contribution in [1.29, 1.82) is 0 Å². The lowest BCUT2D eigenvalue weighted by Gasteiger charge is -2.23. The van der Waals surface area contributed by atoms with Gasteiger partial charge in [-0.3, -0.25) is 0 Å². The van der Waals surface area contributed by atoms with E-state index in [1.807, 2.05) is 20.8 Å². The van der Waals surface area contributed by atoms with Gasteiger partial charge < -0.3 is 9.84 Å². The average Bonchev–Trinajstić information content (AvgIpc) is 1.59. The maximum Gasteiger partial charge on any atom is 0.0879 e. The fraction of sp³-hybridized carbons (Fsp3) is 0.750. The highest BCUT2D eigenvalue weighted by Gasteiger charge is 2.18. The first-order valence-corrected chi connectivity index (χ1v) is 3.48. The van der Waals surface area contributed by atoms with Crippen molar-refractivity contribution in [3.63, 3.8) is 0 Å². The van der Waals surface area contributed by atoms with Gasteiger partial charge in [-0.15, -0.1) is 0 Å². The van der Waals surface area contributed by atoms with Gasteiger partial charge in [0.1, 0.15) is 0 Å². The molecule has 0 bridgehead atoms. The minimum Gasteiger partial charge on any atom is -0.513 e. The molecule has 1 N–H and O–H groups in total. The second kappa shape index (κ2) is 3.62. The molecule has 2 nitrogen and oxygen atoms in total. The molecule has 0 atom stereocenters. The third-order valence-electron chi connectivity index (χ3n) is 1.16. The van der Waals surface area contributed by atoms with Gasteiger partial charge in [-0.2, -0.15) is 0 Å². The highest BCUT2D eigenvalue weighted by molar-refractivity contribution is 4.87. The third kappa shape index (κ3) is 4.39. The van der Waals surface area contributed by atoms with E-state index in [0.29, 0.717) is 13.0 Å². The first-order valence-electron chi connectivity index (χ1n) is 3.48. The lowest BCUT2D eigenvalue weighted by Crippen LogP contribution is -2.24. The summed E-state index contributed by atoms with van der Waals surface area (Å²) in [6.07, 6.45) is 0.501. The Kier molecular flexibility index (Phi) is 3.43. The SMILES string of the molecule is C=C(O)CC(C)(C)OCC. The largest absolute Gasteiger partial charge is 0.513 e. The summed E-state index contributed by atoms with van der Waals surface area (Å²) in [6.45, 7) is 9.85. The molecule has 0 amide bonds. The van der Waals surface area contributed by atoms with Crippen LogP contribution in [0.2, 0.25) is 0 Å². The Morgan fingerprint density at radius 3 is 2.40 bits per heavy atom. The van der Waals surface area contributed by atoms with Crippen LogP contribution in [-0.4, -0.2) is 17.3 Å². The molecule has 0 fully saturated rings. The molecule has 0 spiro atoms. The molecular formula is C8H16O2. The van der Waals surface area contributed by atoms with Crippen molar-refractivity contribution in [2.45, 2.75) is 32.8 Å². The fourth-order valence-corrected chi connectivity index (χ4v) is 0.933. The van der Waals surface area contributed by atoms with E-state index in [1.165, 1.54) is 0 Å². The maximum atomic E-state index is 8.84. The van der Waals surface area contributed by atoms with Gasteiger partial charge in [0.15, 0.2) is 0 Å². The van der Waals surface area contributed by atoms with Crippen molar-refractivity contribution in [2.75, 3.05) is 6.61 Å². The Morgan fingerprint density at radius 2 is 2.10 bits per heavy atom. The molecule has 0 aromatic carbocycles. The van der Waals surface area contributed by atoms with Gasteiger partial charge in [-0.25, -0.2) is 0 Å². The van der Waals surface area contributed by atoms with E-state index >= 15 is 0 Å². The zero-order chi connectivity index (χ0) is 8.20. The number of aliphatic hydroxyl groups excluding tert-OH is 1. The van der Waals surface area contributed by atoms with Gasteiger partial charge in [-0.05, 0) is 20.8 Å². The van der Waals surface area contributed by atoms with Crippen molar-refractivity contribution in [2.24, 2.45) is 0 Å². The van der Waals surface area contributed by atoms with Gasteiger partial charge in [0, 0.05) is 13.0 Å². The summed E-state index contributed by atoms with van der Waals surface area (Å²) in [7, 11) is 0. The topological polar surface area (TPSA) is 29.5 Å². The molecule has 0 saturated heterocycles. The predicted octanol–water partition coefficient (Wildman–Crippen LogP) is 2.26. The van der Waals surface area contributed by atoms with Crippen LogP contribution in [0.5, 0.6) is 0 Å². The number of hydrogen-bond donors (Lipinski definition) is 1. The second-order valence-corrected chi connectivity index (χ2v) is 2.94. The molecule has 0 aliphatic rings. The smallest absolute Gasteiger partial charge is 0.0879 e. The summed E-state index contributed by atoms with van der Waals surface area (Å²) in [5, 5.41) is 8.84. The summed E-state index contributed by atoms with van der Waals surface area (Å²) in [5.74, 6) is 0.179. The molecule has 0 rings (SSSR count). The van der Waals surface area contributed by atoms with E-state index in [0.717, 1.165) is 0 Å². The van der Waals surface area contributed by atoms with Gasteiger partial charge in [0.05, 0.1) is 11.4 Å².